The van der Waals surface area contributed by atoms with Crippen molar-refractivity contribution in [2.75, 3.05) is 13.2 Å². The molecule has 7 heteroatoms. The topological polar surface area (TPSA) is 58.6 Å². The molecule has 1 N–H and O–H groups in total. The minimum absolute atomic E-state index is 0.116. The number of halogens is 2. The fraction of sp³-hybridized carbons (Fsp3) is 0.417. The maximum absolute atomic E-state index is 13.1. The first-order valence-electron chi connectivity index (χ1n) is 10.7. The van der Waals surface area contributed by atoms with Gasteiger partial charge in [-0.3, -0.25) is 9.59 Å². The van der Waals surface area contributed by atoms with Crippen LogP contribution in [0.4, 0.5) is 0 Å². The second-order valence-corrected chi connectivity index (χ2v) is 9.17. The van der Waals surface area contributed by atoms with E-state index in [0.717, 1.165) is 35.7 Å². The molecule has 1 aliphatic rings. The summed E-state index contributed by atoms with van der Waals surface area (Å²) >= 11 is 9.55. The summed E-state index contributed by atoms with van der Waals surface area (Å²) in [6.45, 7) is 2.02. The molecular formula is C24H28BrClN2O3. The maximum Gasteiger partial charge on any atom is 0.261 e. The van der Waals surface area contributed by atoms with Gasteiger partial charge in [-0.25, -0.2) is 0 Å². The summed E-state index contributed by atoms with van der Waals surface area (Å²) in [7, 11) is 0. The first-order valence-corrected chi connectivity index (χ1v) is 11.8. The van der Waals surface area contributed by atoms with Crippen molar-refractivity contribution in [3.8, 4) is 5.75 Å². The Morgan fingerprint density at radius 2 is 1.90 bits per heavy atom. The molecule has 0 aromatic heterocycles. The van der Waals surface area contributed by atoms with E-state index >= 15 is 0 Å². The van der Waals surface area contributed by atoms with Crippen LogP contribution in [0.5, 0.6) is 5.75 Å². The summed E-state index contributed by atoms with van der Waals surface area (Å²) < 4.78 is 6.51. The van der Waals surface area contributed by atoms with Gasteiger partial charge in [-0.2, -0.15) is 0 Å². The number of carbonyl (C=O) groups excluding carboxylic acids is 2. The van der Waals surface area contributed by atoms with Crippen molar-refractivity contribution in [1.82, 2.24) is 10.2 Å². The van der Waals surface area contributed by atoms with E-state index < -0.39 is 6.04 Å². The third-order valence-corrected chi connectivity index (χ3v) is 6.39. The van der Waals surface area contributed by atoms with Gasteiger partial charge in [0.15, 0.2) is 6.61 Å². The Labute approximate surface area is 197 Å². The zero-order valence-corrected chi connectivity index (χ0v) is 20.0. The van der Waals surface area contributed by atoms with Crippen molar-refractivity contribution < 1.29 is 14.3 Å². The lowest BCUT2D eigenvalue weighted by Gasteiger charge is -2.29. The average molecular weight is 508 g/mol. The van der Waals surface area contributed by atoms with Crippen molar-refractivity contribution in [3.63, 3.8) is 0 Å². The van der Waals surface area contributed by atoms with Crippen LogP contribution in [-0.2, 0) is 16.0 Å². The number of rotatable bonds is 9. The second-order valence-electron chi connectivity index (χ2n) is 7.85. The fourth-order valence-corrected chi connectivity index (χ4v) is 4.50. The van der Waals surface area contributed by atoms with Gasteiger partial charge in [-0.1, -0.05) is 70.7 Å². The Hall–Kier alpha value is -2.05. The van der Waals surface area contributed by atoms with E-state index in [2.05, 4.69) is 21.2 Å². The normalized spacial score (nSPS) is 14.8. The highest BCUT2D eigenvalue weighted by atomic mass is 79.9. The van der Waals surface area contributed by atoms with Crippen molar-refractivity contribution in [3.05, 3.63) is 63.6 Å². The van der Waals surface area contributed by atoms with Gasteiger partial charge >= 0.3 is 0 Å². The molecule has 5 nitrogen and oxygen atoms in total. The van der Waals surface area contributed by atoms with Gasteiger partial charge in [-0.05, 0) is 49.9 Å². The third-order valence-electron chi connectivity index (χ3n) is 5.60. The molecule has 1 unspecified atom stereocenters. The van der Waals surface area contributed by atoms with Crippen LogP contribution in [0.25, 0.3) is 0 Å². The Kier molecular flexibility index (Phi) is 8.79. The Morgan fingerprint density at radius 3 is 2.58 bits per heavy atom. The number of nitrogens with zero attached hydrogens (tertiary/aromatic N) is 1. The van der Waals surface area contributed by atoms with Gasteiger partial charge < -0.3 is 15.0 Å². The second kappa shape index (κ2) is 11.5. The molecular weight excluding hydrogens is 480 g/mol. The van der Waals surface area contributed by atoms with Crippen LogP contribution < -0.4 is 10.1 Å². The molecule has 0 heterocycles. The van der Waals surface area contributed by atoms with E-state index in [1.807, 2.05) is 30.3 Å². The van der Waals surface area contributed by atoms with E-state index in [1.54, 1.807) is 30.0 Å². The molecule has 2 amide bonds. The first kappa shape index (κ1) is 23.6. The highest BCUT2D eigenvalue weighted by Crippen LogP contribution is 2.27. The molecule has 0 aliphatic heterocycles. The van der Waals surface area contributed by atoms with Gasteiger partial charge in [0, 0.05) is 17.1 Å². The lowest BCUT2D eigenvalue weighted by molar-refractivity contribution is -0.141. The number of carbonyl (C=O) groups is 2. The van der Waals surface area contributed by atoms with Crippen molar-refractivity contribution in [2.24, 2.45) is 0 Å². The number of benzene rings is 2. The molecule has 3 rings (SSSR count). The zero-order valence-electron chi connectivity index (χ0n) is 17.7. The summed E-state index contributed by atoms with van der Waals surface area (Å²) in [4.78, 5) is 27.5. The molecule has 0 bridgehead atoms. The van der Waals surface area contributed by atoms with Crippen LogP contribution >= 0.6 is 27.5 Å². The molecule has 166 valence electrons. The van der Waals surface area contributed by atoms with Crippen LogP contribution in [0.3, 0.4) is 0 Å². The Bertz CT molecular complexity index is 888. The highest BCUT2D eigenvalue weighted by molar-refractivity contribution is 9.10. The predicted molar refractivity (Wildman–Crippen MR) is 126 cm³/mol. The summed E-state index contributed by atoms with van der Waals surface area (Å²) in [6, 6.07) is 14.8. The molecule has 2 aromatic carbocycles. The SMILES string of the molecule is CC(C(=O)NC1CCCC1)N(CCc1ccccc1)C(=O)COc1ccc(Br)cc1Cl. The third kappa shape index (κ3) is 6.97. The largest absolute Gasteiger partial charge is 0.482 e. The van der Waals surface area contributed by atoms with Crippen LogP contribution in [0.2, 0.25) is 5.02 Å². The van der Waals surface area contributed by atoms with Crippen molar-refractivity contribution >= 4 is 39.3 Å². The Morgan fingerprint density at radius 1 is 1.19 bits per heavy atom. The summed E-state index contributed by atoms with van der Waals surface area (Å²) in [5.74, 6) is 0.0725. The maximum atomic E-state index is 13.1. The first-order chi connectivity index (χ1) is 14.9. The average Bonchev–Trinajstić information content (AvgIpc) is 3.27. The minimum Gasteiger partial charge on any atom is -0.482 e. The van der Waals surface area contributed by atoms with Crippen LogP contribution in [0.15, 0.2) is 53.0 Å². The van der Waals surface area contributed by atoms with E-state index in [9.17, 15) is 9.59 Å². The number of hydrogen-bond donors (Lipinski definition) is 1. The number of nitrogens with one attached hydrogen (secondary N) is 1. The molecule has 0 saturated heterocycles. The number of ether oxygens (including phenoxy) is 1. The molecule has 31 heavy (non-hydrogen) atoms. The molecule has 0 spiro atoms. The predicted octanol–water partition coefficient (Wildman–Crippen LogP) is 5.00. The fourth-order valence-electron chi connectivity index (χ4n) is 3.78. The van der Waals surface area contributed by atoms with Crippen LogP contribution in [-0.4, -0.2) is 41.9 Å². The number of hydrogen-bond acceptors (Lipinski definition) is 3. The van der Waals surface area contributed by atoms with Gasteiger partial charge in [0.05, 0.1) is 5.02 Å². The lowest BCUT2D eigenvalue weighted by Crippen LogP contribution is -2.51. The van der Waals surface area contributed by atoms with Crippen molar-refractivity contribution in [2.45, 2.75) is 51.1 Å². The summed E-state index contributed by atoms with van der Waals surface area (Å²) in [5.41, 5.74) is 1.11. The standard InChI is InChI=1S/C24H28BrClN2O3/c1-17(24(30)27-20-9-5-6-10-20)28(14-13-18-7-3-2-4-8-18)23(29)16-31-22-12-11-19(25)15-21(22)26/h2-4,7-8,11-12,15,17,20H,5-6,9-10,13-14,16H2,1H3,(H,27,30). The molecule has 2 aromatic rings. The summed E-state index contributed by atoms with van der Waals surface area (Å²) in [6.07, 6.45) is 4.94. The number of amides is 2. The molecule has 1 atom stereocenters. The lowest BCUT2D eigenvalue weighted by atomic mass is 10.1. The van der Waals surface area contributed by atoms with Gasteiger partial charge in [0.2, 0.25) is 5.91 Å². The van der Waals surface area contributed by atoms with E-state index in [1.165, 1.54) is 0 Å². The molecule has 1 fully saturated rings. The quantitative estimate of drug-likeness (QED) is 0.520. The van der Waals surface area contributed by atoms with Crippen molar-refractivity contribution in [1.29, 1.82) is 0 Å². The summed E-state index contributed by atoms with van der Waals surface area (Å²) in [5, 5.41) is 3.52. The van der Waals surface area contributed by atoms with Gasteiger partial charge in [0.25, 0.3) is 5.91 Å². The molecule has 1 aliphatic carbocycles. The monoisotopic (exact) mass is 506 g/mol. The highest BCUT2D eigenvalue weighted by Gasteiger charge is 2.28. The Balaban J connectivity index is 1.66. The smallest absolute Gasteiger partial charge is 0.261 e. The van der Waals surface area contributed by atoms with Gasteiger partial charge in [0.1, 0.15) is 11.8 Å². The van der Waals surface area contributed by atoms with Crippen LogP contribution in [0.1, 0.15) is 38.2 Å². The molecule has 1 saturated carbocycles. The van der Waals surface area contributed by atoms with E-state index in [4.69, 9.17) is 16.3 Å². The molecule has 0 radical (unpaired) electrons. The zero-order chi connectivity index (χ0) is 22.2. The minimum atomic E-state index is -0.583. The van der Waals surface area contributed by atoms with Crippen LogP contribution in [0, 0.1) is 0 Å². The van der Waals surface area contributed by atoms with E-state index in [-0.39, 0.29) is 24.5 Å². The van der Waals surface area contributed by atoms with E-state index in [0.29, 0.717) is 23.7 Å². The van der Waals surface area contributed by atoms with Gasteiger partial charge in [-0.15, -0.1) is 0 Å².